The quantitative estimate of drug-likeness (QED) is 0.813. The van der Waals surface area contributed by atoms with Crippen molar-refractivity contribution < 1.29 is 24.6 Å². The summed E-state index contributed by atoms with van der Waals surface area (Å²) in [5, 5.41) is 22.8. The smallest absolute Gasteiger partial charge is 0.335 e. The van der Waals surface area contributed by atoms with Gasteiger partial charge in [-0.2, -0.15) is 0 Å². The zero-order valence-corrected chi connectivity index (χ0v) is 12.3. The van der Waals surface area contributed by atoms with Gasteiger partial charge in [-0.3, -0.25) is 4.79 Å². The van der Waals surface area contributed by atoms with E-state index in [1.807, 2.05) is 13.8 Å². The molecule has 2 N–H and O–H groups in total. The molecule has 1 heterocycles. The maximum atomic E-state index is 12.5. The third-order valence-electron chi connectivity index (χ3n) is 3.60. The first-order valence-electron chi connectivity index (χ1n) is 6.92. The number of nitrogens with zero attached hydrogens (tertiary/aromatic N) is 1. The number of amides is 1. The molecule has 0 bridgehead atoms. The Bertz CT molecular complexity index is 626. The van der Waals surface area contributed by atoms with Crippen LogP contribution in [0.25, 0.3) is 0 Å². The second-order valence-electron chi connectivity index (χ2n) is 5.51. The van der Waals surface area contributed by atoms with Crippen LogP contribution in [0.2, 0.25) is 0 Å². The minimum absolute atomic E-state index is 0.0731. The number of carboxylic acids is 2. The molecule has 0 spiro atoms. The summed E-state index contributed by atoms with van der Waals surface area (Å²) in [6.45, 7) is 3.97. The highest BCUT2D eigenvalue weighted by Crippen LogP contribution is 2.26. The molecule has 1 unspecified atom stereocenters. The highest BCUT2D eigenvalue weighted by atomic mass is 16.4. The average molecular weight is 305 g/mol. The summed E-state index contributed by atoms with van der Waals surface area (Å²) < 4.78 is 0. The Morgan fingerprint density at radius 1 is 1.45 bits per heavy atom. The van der Waals surface area contributed by atoms with Crippen LogP contribution in [0.5, 0.6) is 0 Å². The summed E-state index contributed by atoms with van der Waals surface area (Å²) in [7, 11) is 0. The van der Waals surface area contributed by atoms with Crippen LogP contribution >= 0.6 is 0 Å². The molecule has 0 aliphatic carbocycles. The minimum Gasteiger partial charge on any atom is -0.550 e. The van der Waals surface area contributed by atoms with Crippen molar-refractivity contribution in [3.63, 3.8) is 0 Å². The zero-order chi connectivity index (χ0) is 16.4. The summed E-state index contributed by atoms with van der Waals surface area (Å²) in [4.78, 5) is 36.0. The van der Waals surface area contributed by atoms with Crippen molar-refractivity contribution in [2.45, 2.75) is 38.9 Å². The maximum Gasteiger partial charge on any atom is 0.335 e. The number of nitrogens with one attached hydrogen (secondary N) is 1. The van der Waals surface area contributed by atoms with E-state index in [4.69, 9.17) is 5.11 Å². The number of benzene rings is 1. The molecule has 1 aromatic rings. The van der Waals surface area contributed by atoms with Crippen LogP contribution in [0.1, 0.15) is 36.2 Å². The molecule has 0 fully saturated rings. The molecule has 0 saturated heterocycles. The standard InChI is InChI=1S/C15H18N2O5/c1-8(2)17-7-10-4-3-9(15(21)22)5-11(10)16-12(14(17)20)6-13(18)19/h3-5,8,12,16H,6-7H2,1-2H3,(H,18,19)(H,21,22)/p-1. The van der Waals surface area contributed by atoms with Gasteiger partial charge in [-0.15, -0.1) is 0 Å². The van der Waals surface area contributed by atoms with E-state index in [0.29, 0.717) is 12.2 Å². The van der Waals surface area contributed by atoms with E-state index >= 15 is 0 Å². The molecule has 7 heteroatoms. The Balaban J connectivity index is 2.45. The van der Waals surface area contributed by atoms with Crippen molar-refractivity contribution in [1.29, 1.82) is 0 Å². The number of aromatic carboxylic acids is 1. The fraction of sp³-hybridized carbons (Fsp3) is 0.400. The van der Waals surface area contributed by atoms with E-state index in [-0.39, 0.29) is 17.5 Å². The van der Waals surface area contributed by atoms with Gasteiger partial charge in [0.15, 0.2) is 0 Å². The SMILES string of the molecule is CC(C)N1Cc2ccc(C(=O)O)cc2NC(CC(=O)[O-])C1=O. The molecule has 0 radical (unpaired) electrons. The number of carbonyl (C=O) groups is 3. The normalized spacial score (nSPS) is 17.7. The van der Waals surface area contributed by atoms with Crippen LogP contribution in [0.4, 0.5) is 5.69 Å². The molecule has 7 nitrogen and oxygen atoms in total. The predicted molar refractivity (Wildman–Crippen MR) is 76.1 cm³/mol. The minimum atomic E-state index is -1.34. The Labute approximate surface area is 127 Å². The Hall–Kier alpha value is -2.57. The van der Waals surface area contributed by atoms with E-state index in [0.717, 1.165) is 5.56 Å². The van der Waals surface area contributed by atoms with Gasteiger partial charge in [0.25, 0.3) is 0 Å². The molecule has 2 rings (SSSR count). The zero-order valence-electron chi connectivity index (χ0n) is 12.3. The molecular weight excluding hydrogens is 288 g/mol. The van der Waals surface area contributed by atoms with Gasteiger partial charge >= 0.3 is 5.97 Å². The van der Waals surface area contributed by atoms with Gasteiger partial charge in [0.05, 0.1) is 5.56 Å². The number of aliphatic carboxylic acids is 1. The lowest BCUT2D eigenvalue weighted by molar-refractivity contribution is -0.305. The lowest BCUT2D eigenvalue weighted by Crippen LogP contribution is -2.46. The first-order chi connectivity index (χ1) is 10.3. The molecule has 118 valence electrons. The summed E-state index contributed by atoms with van der Waals surface area (Å²) >= 11 is 0. The van der Waals surface area contributed by atoms with Crippen LogP contribution in [0, 0.1) is 0 Å². The number of carboxylic acid groups (broad SMARTS) is 2. The van der Waals surface area contributed by atoms with Gasteiger partial charge in [0.2, 0.25) is 5.91 Å². The van der Waals surface area contributed by atoms with E-state index in [1.165, 1.54) is 12.1 Å². The van der Waals surface area contributed by atoms with E-state index in [9.17, 15) is 19.5 Å². The van der Waals surface area contributed by atoms with Gasteiger partial charge < -0.3 is 25.2 Å². The maximum absolute atomic E-state index is 12.5. The molecule has 0 aromatic heterocycles. The average Bonchev–Trinajstić information content (AvgIpc) is 2.55. The van der Waals surface area contributed by atoms with E-state index in [2.05, 4.69) is 5.32 Å². The summed E-state index contributed by atoms with van der Waals surface area (Å²) in [6.07, 6.45) is -0.473. The number of hydrogen-bond donors (Lipinski definition) is 2. The molecule has 0 saturated carbocycles. The van der Waals surface area contributed by atoms with Crippen molar-refractivity contribution >= 4 is 23.5 Å². The second kappa shape index (κ2) is 6.05. The molecule has 1 aliphatic rings. The van der Waals surface area contributed by atoms with Crippen molar-refractivity contribution in [2.75, 3.05) is 5.32 Å². The van der Waals surface area contributed by atoms with Gasteiger partial charge in [-0.25, -0.2) is 4.79 Å². The lowest BCUT2D eigenvalue weighted by atomic mass is 10.1. The summed E-state index contributed by atoms with van der Waals surface area (Å²) in [6, 6.07) is 3.43. The summed E-state index contributed by atoms with van der Waals surface area (Å²) in [5.74, 6) is -2.77. The number of fused-ring (bicyclic) bond motifs is 1. The molecule has 22 heavy (non-hydrogen) atoms. The van der Waals surface area contributed by atoms with E-state index in [1.54, 1.807) is 11.0 Å². The third-order valence-corrected chi connectivity index (χ3v) is 3.60. The number of carbonyl (C=O) groups excluding carboxylic acids is 2. The molecule has 1 aliphatic heterocycles. The third kappa shape index (κ3) is 3.19. The molecular formula is C15H17N2O5-. The molecule has 1 aromatic carbocycles. The van der Waals surface area contributed by atoms with Crippen LogP contribution in [0.15, 0.2) is 18.2 Å². The van der Waals surface area contributed by atoms with Crippen molar-refractivity contribution in [1.82, 2.24) is 4.90 Å². The van der Waals surface area contributed by atoms with Crippen LogP contribution < -0.4 is 10.4 Å². The number of hydrogen-bond acceptors (Lipinski definition) is 5. The van der Waals surface area contributed by atoms with Gasteiger partial charge in [0.1, 0.15) is 6.04 Å². The Kier molecular flexibility index (Phi) is 4.35. The van der Waals surface area contributed by atoms with Crippen molar-refractivity contribution in [2.24, 2.45) is 0 Å². The van der Waals surface area contributed by atoms with Gasteiger partial charge in [-0.05, 0) is 31.5 Å². The van der Waals surface area contributed by atoms with Crippen molar-refractivity contribution in [3.05, 3.63) is 29.3 Å². The Morgan fingerprint density at radius 3 is 2.68 bits per heavy atom. The van der Waals surface area contributed by atoms with Crippen LogP contribution in [-0.2, 0) is 16.1 Å². The number of rotatable bonds is 4. The molecule has 1 amide bonds. The lowest BCUT2D eigenvalue weighted by Gasteiger charge is -2.28. The van der Waals surface area contributed by atoms with Crippen LogP contribution in [-0.4, -0.2) is 39.9 Å². The predicted octanol–water partition coefficient (Wildman–Crippen LogP) is 0.0559. The highest BCUT2D eigenvalue weighted by Gasteiger charge is 2.30. The fourth-order valence-electron chi connectivity index (χ4n) is 2.43. The van der Waals surface area contributed by atoms with Gasteiger partial charge in [0, 0.05) is 30.7 Å². The topological polar surface area (TPSA) is 110 Å². The van der Waals surface area contributed by atoms with Crippen molar-refractivity contribution in [3.8, 4) is 0 Å². The first-order valence-corrected chi connectivity index (χ1v) is 6.92. The molecule has 1 atom stereocenters. The first kappa shape index (κ1) is 15.8. The monoisotopic (exact) mass is 305 g/mol. The highest BCUT2D eigenvalue weighted by molar-refractivity contribution is 5.92. The second-order valence-corrected chi connectivity index (χ2v) is 5.51. The van der Waals surface area contributed by atoms with Gasteiger partial charge in [-0.1, -0.05) is 6.07 Å². The summed E-state index contributed by atoms with van der Waals surface area (Å²) in [5.41, 5.74) is 1.28. The van der Waals surface area contributed by atoms with E-state index < -0.39 is 24.4 Å². The Morgan fingerprint density at radius 2 is 2.14 bits per heavy atom. The fourth-order valence-corrected chi connectivity index (χ4v) is 2.43. The largest absolute Gasteiger partial charge is 0.550 e. The number of anilines is 1. The van der Waals surface area contributed by atoms with Crippen LogP contribution in [0.3, 0.4) is 0 Å².